The molecule has 1 N–H and O–H groups in total. The van der Waals surface area contributed by atoms with E-state index in [1.807, 2.05) is 27.7 Å². The zero-order valence-electron chi connectivity index (χ0n) is 14.9. The van der Waals surface area contributed by atoms with Crippen LogP contribution in [0.1, 0.15) is 33.5 Å². The number of likely N-dealkylation sites (N-methyl/N-ethyl adjacent to an activating group) is 1. The first kappa shape index (κ1) is 19.4. The predicted octanol–water partition coefficient (Wildman–Crippen LogP) is 2.42. The molecule has 1 aromatic rings. The Morgan fingerprint density at radius 3 is 2.43 bits per heavy atom. The quantitative estimate of drug-likeness (QED) is 0.773. The van der Waals surface area contributed by atoms with E-state index in [-0.39, 0.29) is 5.41 Å². The number of hydrogen-bond acceptors (Lipinski definition) is 6. The van der Waals surface area contributed by atoms with Crippen molar-refractivity contribution in [3.8, 4) is 0 Å². The maximum Gasteiger partial charge on any atom is 0.325 e. The number of nitrogens with one attached hydrogen (secondary N) is 1. The van der Waals surface area contributed by atoms with Gasteiger partial charge in [-0.25, -0.2) is 4.79 Å². The van der Waals surface area contributed by atoms with Gasteiger partial charge in [0.2, 0.25) is 6.29 Å². The topological polar surface area (TPSA) is 86.1 Å². The number of hydrogen-bond donors (Lipinski definition) is 1. The minimum absolute atomic E-state index is 0.188. The van der Waals surface area contributed by atoms with E-state index in [9.17, 15) is 4.79 Å². The van der Waals surface area contributed by atoms with Crippen molar-refractivity contribution in [2.24, 2.45) is 0 Å². The smallest absolute Gasteiger partial charge is 0.325 e. The van der Waals surface area contributed by atoms with Gasteiger partial charge in [-0.3, -0.25) is 10.2 Å². The molecule has 0 aliphatic heterocycles. The number of anilines is 1. The summed E-state index contributed by atoms with van der Waals surface area (Å²) in [5, 5.41) is 6.53. The molecule has 0 fully saturated rings. The van der Waals surface area contributed by atoms with Gasteiger partial charge in [0, 0.05) is 39.4 Å². The normalized spacial score (nSPS) is 13.2. The van der Waals surface area contributed by atoms with Gasteiger partial charge in [0.25, 0.3) is 0 Å². The summed E-state index contributed by atoms with van der Waals surface area (Å²) in [6.45, 7) is 8.23. The van der Waals surface area contributed by atoms with Crippen molar-refractivity contribution in [2.45, 2.75) is 45.6 Å². The minimum atomic E-state index is -0.701. The Kier molecular flexibility index (Phi) is 6.99. The largest absolute Gasteiger partial charge is 0.359 e. The molecule has 1 atom stereocenters. The second-order valence-corrected chi connectivity index (χ2v) is 6.05. The highest BCUT2D eigenvalue weighted by molar-refractivity contribution is 5.88. The van der Waals surface area contributed by atoms with Gasteiger partial charge in [-0.1, -0.05) is 25.9 Å². The Morgan fingerprint density at radius 2 is 2.00 bits per heavy atom. The number of nitrogens with zero attached hydrogens (tertiary/aromatic N) is 2. The zero-order valence-corrected chi connectivity index (χ0v) is 14.9. The summed E-state index contributed by atoms with van der Waals surface area (Å²) in [5.41, 5.74) is -0.188. The van der Waals surface area contributed by atoms with Crippen LogP contribution in [0.5, 0.6) is 0 Å². The van der Waals surface area contributed by atoms with Crippen molar-refractivity contribution in [1.82, 2.24) is 10.1 Å². The molecular weight excluding hydrogens is 302 g/mol. The van der Waals surface area contributed by atoms with Crippen molar-refractivity contribution < 1.29 is 23.5 Å². The first-order valence-corrected chi connectivity index (χ1v) is 7.42. The van der Waals surface area contributed by atoms with Gasteiger partial charge in [0.1, 0.15) is 5.76 Å². The molecule has 1 unspecified atom stereocenters. The highest BCUT2D eigenvalue weighted by Gasteiger charge is 2.30. The Labute approximate surface area is 137 Å². The number of ether oxygens (including phenoxy) is 3. The highest BCUT2D eigenvalue weighted by Crippen LogP contribution is 2.24. The Balaban J connectivity index is 2.80. The molecule has 0 radical (unpaired) electrons. The summed E-state index contributed by atoms with van der Waals surface area (Å²) >= 11 is 0. The van der Waals surface area contributed by atoms with Gasteiger partial charge in [0.15, 0.2) is 12.0 Å². The van der Waals surface area contributed by atoms with Gasteiger partial charge in [-0.05, 0) is 6.92 Å². The van der Waals surface area contributed by atoms with E-state index in [0.717, 1.165) is 0 Å². The van der Waals surface area contributed by atoms with E-state index in [1.54, 1.807) is 13.1 Å². The van der Waals surface area contributed by atoms with Crippen LogP contribution in [-0.2, 0) is 19.6 Å². The van der Waals surface area contributed by atoms with Gasteiger partial charge in [-0.2, -0.15) is 0 Å². The third kappa shape index (κ3) is 5.19. The number of methoxy groups -OCH3 is 2. The molecule has 2 amide bonds. The second-order valence-electron chi connectivity index (χ2n) is 6.05. The molecule has 0 aliphatic carbocycles. The molecule has 132 valence electrons. The SMILES string of the molecule is CCOC(C(OC)OC)N(C)C(=O)Nc1cc(C(C)(C)C)on1. The number of rotatable bonds is 7. The minimum Gasteiger partial charge on any atom is -0.359 e. The van der Waals surface area contributed by atoms with E-state index < -0.39 is 18.5 Å². The van der Waals surface area contributed by atoms with Gasteiger partial charge >= 0.3 is 6.03 Å². The maximum absolute atomic E-state index is 12.4. The van der Waals surface area contributed by atoms with Crippen LogP contribution in [0.15, 0.2) is 10.6 Å². The fourth-order valence-electron chi connectivity index (χ4n) is 1.87. The number of urea groups is 1. The first-order chi connectivity index (χ1) is 10.7. The van der Waals surface area contributed by atoms with Crippen LogP contribution in [0.2, 0.25) is 0 Å². The second kappa shape index (κ2) is 8.28. The number of amides is 2. The standard InChI is InChI=1S/C15H27N3O5/c1-8-22-12(13(20-6)21-7)18(5)14(19)16-11-9-10(23-17-11)15(2,3)4/h9,12-13H,8H2,1-7H3,(H,16,17,19). The third-order valence-corrected chi connectivity index (χ3v) is 3.22. The first-order valence-electron chi connectivity index (χ1n) is 7.42. The average Bonchev–Trinajstić information content (AvgIpc) is 2.95. The molecule has 1 heterocycles. The summed E-state index contributed by atoms with van der Waals surface area (Å²) in [4.78, 5) is 13.7. The lowest BCUT2D eigenvalue weighted by Crippen LogP contribution is -2.49. The van der Waals surface area contributed by atoms with E-state index in [4.69, 9.17) is 18.7 Å². The molecule has 0 bridgehead atoms. The molecular formula is C15H27N3O5. The van der Waals surface area contributed by atoms with Gasteiger partial charge in [-0.15, -0.1) is 0 Å². The highest BCUT2D eigenvalue weighted by atomic mass is 16.7. The fraction of sp³-hybridized carbons (Fsp3) is 0.733. The lowest BCUT2D eigenvalue weighted by Gasteiger charge is -2.32. The number of aromatic nitrogens is 1. The summed E-state index contributed by atoms with van der Waals surface area (Å²) < 4.78 is 21.1. The van der Waals surface area contributed by atoms with Crippen LogP contribution in [0.3, 0.4) is 0 Å². The van der Waals surface area contributed by atoms with Crippen molar-refractivity contribution in [2.75, 3.05) is 33.2 Å². The Morgan fingerprint density at radius 1 is 1.39 bits per heavy atom. The van der Waals surface area contributed by atoms with Crippen LogP contribution in [0, 0.1) is 0 Å². The predicted molar refractivity (Wildman–Crippen MR) is 85.2 cm³/mol. The summed E-state index contributed by atoms with van der Waals surface area (Å²) in [6, 6.07) is 1.29. The number of carbonyl (C=O) groups is 1. The molecule has 8 heteroatoms. The monoisotopic (exact) mass is 329 g/mol. The van der Waals surface area contributed by atoms with Gasteiger partial charge in [0.05, 0.1) is 0 Å². The molecule has 0 aromatic carbocycles. The van der Waals surface area contributed by atoms with E-state index in [0.29, 0.717) is 18.2 Å². The van der Waals surface area contributed by atoms with Crippen LogP contribution in [0.25, 0.3) is 0 Å². The average molecular weight is 329 g/mol. The molecule has 0 saturated carbocycles. The lowest BCUT2D eigenvalue weighted by atomic mass is 9.93. The summed E-state index contributed by atoms with van der Waals surface area (Å²) in [7, 11) is 4.56. The summed E-state index contributed by atoms with van der Waals surface area (Å²) in [5.74, 6) is 1.02. The van der Waals surface area contributed by atoms with Gasteiger partial charge < -0.3 is 18.7 Å². The molecule has 1 aromatic heterocycles. The zero-order chi connectivity index (χ0) is 17.6. The molecule has 1 rings (SSSR count). The Hall–Kier alpha value is -1.64. The third-order valence-electron chi connectivity index (χ3n) is 3.22. The summed E-state index contributed by atoms with van der Waals surface area (Å²) in [6.07, 6.45) is -1.39. The Bertz CT molecular complexity index is 494. The van der Waals surface area contributed by atoms with Crippen molar-refractivity contribution in [3.63, 3.8) is 0 Å². The van der Waals surface area contributed by atoms with Crippen molar-refractivity contribution in [3.05, 3.63) is 11.8 Å². The maximum atomic E-state index is 12.4. The lowest BCUT2D eigenvalue weighted by molar-refractivity contribution is -0.211. The van der Waals surface area contributed by atoms with Crippen molar-refractivity contribution >= 4 is 11.8 Å². The van der Waals surface area contributed by atoms with Crippen LogP contribution in [0.4, 0.5) is 10.6 Å². The molecule has 0 aliphatic rings. The van der Waals surface area contributed by atoms with Crippen LogP contribution < -0.4 is 5.32 Å². The molecule has 0 saturated heterocycles. The van der Waals surface area contributed by atoms with E-state index in [1.165, 1.54) is 19.1 Å². The molecule has 8 nitrogen and oxygen atoms in total. The van der Waals surface area contributed by atoms with E-state index in [2.05, 4.69) is 10.5 Å². The van der Waals surface area contributed by atoms with E-state index >= 15 is 0 Å². The molecule has 23 heavy (non-hydrogen) atoms. The molecule has 0 spiro atoms. The van der Waals surface area contributed by atoms with Crippen molar-refractivity contribution in [1.29, 1.82) is 0 Å². The fourth-order valence-corrected chi connectivity index (χ4v) is 1.87. The van der Waals surface area contributed by atoms with Crippen LogP contribution in [-0.4, -0.2) is 56.5 Å². The number of carbonyl (C=O) groups excluding carboxylic acids is 1. The van der Waals surface area contributed by atoms with Crippen LogP contribution >= 0.6 is 0 Å².